The van der Waals surface area contributed by atoms with Crippen LogP contribution in [0, 0.1) is 11.3 Å². The first-order valence-electron chi connectivity index (χ1n) is 7.43. The lowest BCUT2D eigenvalue weighted by Gasteiger charge is -2.33. The highest BCUT2D eigenvalue weighted by molar-refractivity contribution is 6.04. The highest BCUT2D eigenvalue weighted by Crippen LogP contribution is 2.41. The maximum absolute atomic E-state index is 12.5. The number of pyridine rings is 1. The van der Waals surface area contributed by atoms with Crippen LogP contribution in [0.4, 0.5) is 5.82 Å². The summed E-state index contributed by atoms with van der Waals surface area (Å²) in [7, 11) is 0. The third kappa shape index (κ3) is 2.16. The van der Waals surface area contributed by atoms with Crippen molar-refractivity contribution in [2.45, 2.75) is 25.7 Å². The number of H-pyrrole nitrogens is 1. The number of fused-ring (bicyclic) bond motifs is 1. The van der Waals surface area contributed by atoms with Gasteiger partial charge >= 0.3 is 0 Å². The van der Waals surface area contributed by atoms with Crippen LogP contribution in [-0.2, 0) is 10.5 Å². The number of aromatic nitrogens is 1. The monoisotopic (exact) mass is 324 g/mol. The molecule has 1 aliphatic rings. The summed E-state index contributed by atoms with van der Waals surface area (Å²) in [5.41, 5.74) is 4.39. The topological polar surface area (TPSA) is 121 Å². The number of nitrogen functional groups attached to an aromatic ring is 1. The number of nitrogens with one attached hydrogen (secondary N) is 2. The van der Waals surface area contributed by atoms with E-state index in [2.05, 4.69) is 10.3 Å². The van der Waals surface area contributed by atoms with Crippen LogP contribution in [-0.4, -0.2) is 17.0 Å². The molecule has 2 aromatic rings. The number of nitrogens with zero attached hydrogens (tertiary/aromatic N) is 1. The molecule has 24 heavy (non-hydrogen) atoms. The molecule has 1 amide bonds. The van der Waals surface area contributed by atoms with Crippen LogP contribution in [0.3, 0.4) is 0 Å². The van der Waals surface area contributed by atoms with E-state index in [0.717, 1.165) is 0 Å². The first kappa shape index (κ1) is 15.8. The average Bonchev–Trinajstić information content (AvgIpc) is 2.82. The lowest BCUT2D eigenvalue weighted by atomic mass is 9.91. The van der Waals surface area contributed by atoms with E-state index in [-0.39, 0.29) is 28.6 Å². The van der Waals surface area contributed by atoms with Crippen molar-refractivity contribution >= 4 is 11.7 Å². The number of rotatable bonds is 3. The lowest BCUT2D eigenvalue weighted by molar-refractivity contribution is -0.0682. The van der Waals surface area contributed by atoms with Gasteiger partial charge in [0.25, 0.3) is 11.5 Å². The van der Waals surface area contributed by atoms with E-state index in [9.17, 15) is 14.9 Å². The van der Waals surface area contributed by atoms with Gasteiger partial charge in [0.2, 0.25) is 0 Å². The fourth-order valence-corrected chi connectivity index (χ4v) is 3.00. The number of nitriles is 1. The van der Waals surface area contributed by atoms with Crippen molar-refractivity contribution in [3.05, 3.63) is 62.9 Å². The van der Waals surface area contributed by atoms with E-state index in [1.807, 2.05) is 12.1 Å². The molecule has 122 valence electrons. The van der Waals surface area contributed by atoms with Gasteiger partial charge in [0.05, 0.1) is 11.7 Å². The van der Waals surface area contributed by atoms with E-state index in [1.165, 1.54) is 0 Å². The number of hydrogen-bond donors (Lipinski definition) is 3. The van der Waals surface area contributed by atoms with Crippen LogP contribution >= 0.6 is 0 Å². The molecule has 1 atom stereocenters. The number of ether oxygens (including phenoxy) is 1. The van der Waals surface area contributed by atoms with Crippen molar-refractivity contribution in [3.63, 3.8) is 0 Å². The standard InChI is InChI=1S/C17H16N4O3/c1-9(2)24-17(10-6-4-3-5-7-10)13-11(8-18)15(22)20-14(19)12(13)16(23)21-17/h3-7,9H,1-2H3,(H,21,23)(H3,19,20,22). The Bertz CT molecular complexity index is 912. The summed E-state index contributed by atoms with van der Waals surface area (Å²) in [5, 5.41) is 12.2. The van der Waals surface area contributed by atoms with Gasteiger partial charge in [0, 0.05) is 11.1 Å². The van der Waals surface area contributed by atoms with Crippen molar-refractivity contribution in [3.8, 4) is 6.07 Å². The summed E-state index contributed by atoms with van der Waals surface area (Å²) < 4.78 is 6.04. The second-order valence-electron chi connectivity index (χ2n) is 5.77. The highest BCUT2D eigenvalue weighted by Gasteiger charge is 2.50. The summed E-state index contributed by atoms with van der Waals surface area (Å²) in [6.45, 7) is 3.61. The quantitative estimate of drug-likeness (QED) is 0.783. The fourth-order valence-electron chi connectivity index (χ4n) is 3.00. The molecule has 4 N–H and O–H groups in total. The van der Waals surface area contributed by atoms with Gasteiger partial charge in [-0.25, -0.2) is 0 Å². The molecule has 1 aromatic heterocycles. The van der Waals surface area contributed by atoms with Crippen LogP contribution in [0.1, 0.15) is 40.9 Å². The Balaban J connectivity index is 2.43. The van der Waals surface area contributed by atoms with Gasteiger partial charge in [-0.05, 0) is 13.8 Å². The van der Waals surface area contributed by atoms with Crippen molar-refractivity contribution < 1.29 is 9.53 Å². The second kappa shape index (κ2) is 5.51. The molecule has 0 aliphatic carbocycles. The minimum absolute atomic E-state index is 0.0654. The fraction of sp³-hybridized carbons (Fsp3) is 0.235. The zero-order valence-electron chi connectivity index (χ0n) is 13.2. The number of amides is 1. The Labute approximate surface area is 138 Å². The second-order valence-corrected chi connectivity index (χ2v) is 5.77. The molecule has 7 nitrogen and oxygen atoms in total. The number of anilines is 1. The smallest absolute Gasteiger partial charge is 0.267 e. The minimum Gasteiger partial charge on any atom is -0.385 e. The zero-order chi connectivity index (χ0) is 17.5. The van der Waals surface area contributed by atoms with Crippen molar-refractivity contribution in [2.75, 3.05) is 5.73 Å². The van der Waals surface area contributed by atoms with Crippen LogP contribution in [0.25, 0.3) is 0 Å². The van der Waals surface area contributed by atoms with Gasteiger partial charge in [0.15, 0.2) is 5.72 Å². The van der Waals surface area contributed by atoms with Gasteiger partial charge in [-0.3, -0.25) is 9.59 Å². The first-order valence-corrected chi connectivity index (χ1v) is 7.43. The molecule has 1 unspecified atom stereocenters. The van der Waals surface area contributed by atoms with Crippen LogP contribution in [0.2, 0.25) is 0 Å². The Kier molecular flexibility index (Phi) is 3.62. The van der Waals surface area contributed by atoms with Gasteiger partial charge in [0.1, 0.15) is 17.5 Å². The zero-order valence-corrected chi connectivity index (χ0v) is 13.2. The van der Waals surface area contributed by atoms with E-state index in [1.54, 1.807) is 38.1 Å². The molecule has 0 saturated carbocycles. The Morgan fingerprint density at radius 1 is 1.25 bits per heavy atom. The van der Waals surface area contributed by atoms with E-state index < -0.39 is 17.2 Å². The molecule has 0 bridgehead atoms. The van der Waals surface area contributed by atoms with Gasteiger partial charge in [-0.15, -0.1) is 0 Å². The number of nitrogens with two attached hydrogens (primary N) is 1. The van der Waals surface area contributed by atoms with Crippen LogP contribution < -0.4 is 16.6 Å². The summed E-state index contributed by atoms with van der Waals surface area (Å²) in [4.78, 5) is 27.1. The van der Waals surface area contributed by atoms with Gasteiger partial charge < -0.3 is 20.8 Å². The van der Waals surface area contributed by atoms with Crippen molar-refractivity contribution in [1.29, 1.82) is 5.26 Å². The summed E-state index contributed by atoms with van der Waals surface area (Å²) in [5.74, 6) is -0.587. The number of aromatic amines is 1. The van der Waals surface area contributed by atoms with Crippen molar-refractivity contribution in [2.24, 2.45) is 0 Å². The molecule has 7 heteroatoms. The summed E-state index contributed by atoms with van der Waals surface area (Å²) in [6, 6.07) is 10.8. The Hall–Kier alpha value is -3.11. The molecule has 2 heterocycles. The molecule has 0 spiro atoms. The maximum Gasteiger partial charge on any atom is 0.267 e. The van der Waals surface area contributed by atoms with Crippen molar-refractivity contribution in [1.82, 2.24) is 10.3 Å². The number of carbonyl (C=O) groups excluding carboxylic acids is 1. The predicted molar refractivity (Wildman–Crippen MR) is 87.1 cm³/mol. The number of carbonyl (C=O) groups is 1. The SMILES string of the molecule is CC(C)OC1(c2ccccc2)NC(=O)c2c(N)[nH]c(=O)c(C#N)c21. The molecule has 1 aromatic carbocycles. The minimum atomic E-state index is -1.44. The molecule has 3 rings (SSSR count). The third-order valence-electron chi connectivity index (χ3n) is 3.82. The normalized spacial score (nSPS) is 19.0. The molecule has 0 fully saturated rings. The third-order valence-corrected chi connectivity index (χ3v) is 3.82. The van der Waals surface area contributed by atoms with Gasteiger partial charge in [-0.1, -0.05) is 30.3 Å². The van der Waals surface area contributed by atoms with E-state index in [0.29, 0.717) is 5.56 Å². The Morgan fingerprint density at radius 2 is 1.92 bits per heavy atom. The Morgan fingerprint density at radius 3 is 2.50 bits per heavy atom. The van der Waals surface area contributed by atoms with E-state index >= 15 is 0 Å². The predicted octanol–water partition coefficient (Wildman–Crippen LogP) is 1.20. The molecule has 0 saturated heterocycles. The van der Waals surface area contributed by atoms with E-state index in [4.69, 9.17) is 10.5 Å². The maximum atomic E-state index is 12.5. The molecule has 0 radical (unpaired) electrons. The van der Waals surface area contributed by atoms with Crippen LogP contribution in [0.5, 0.6) is 0 Å². The summed E-state index contributed by atoms with van der Waals surface area (Å²) >= 11 is 0. The molecular weight excluding hydrogens is 308 g/mol. The average molecular weight is 324 g/mol. The molecule has 1 aliphatic heterocycles. The molecular formula is C17H16N4O3. The summed E-state index contributed by atoms with van der Waals surface area (Å²) in [6.07, 6.45) is -0.288. The highest BCUT2D eigenvalue weighted by atomic mass is 16.5. The number of benzene rings is 1. The van der Waals surface area contributed by atoms with Crippen LogP contribution in [0.15, 0.2) is 35.1 Å². The van der Waals surface area contributed by atoms with Gasteiger partial charge in [-0.2, -0.15) is 5.26 Å². The number of hydrogen-bond acceptors (Lipinski definition) is 5. The lowest BCUT2D eigenvalue weighted by Crippen LogP contribution is -2.45. The largest absolute Gasteiger partial charge is 0.385 e. The first-order chi connectivity index (χ1) is 11.4.